The number of hydrogen-bond donors (Lipinski definition) is 2. The molecule has 0 radical (unpaired) electrons. The zero-order valence-corrected chi connectivity index (χ0v) is 15.9. The second-order valence-corrected chi connectivity index (χ2v) is 6.38. The predicted octanol–water partition coefficient (Wildman–Crippen LogP) is 2.52. The lowest BCUT2D eigenvalue weighted by Gasteiger charge is -2.26. The molecule has 2 N–H and O–H groups in total. The molecule has 1 heterocycles. The van der Waals surface area contributed by atoms with Crippen molar-refractivity contribution < 1.29 is 0 Å². The highest BCUT2D eigenvalue weighted by Gasteiger charge is 2.14. The van der Waals surface area contributed by atoms with Crippen molar-refractivity contribution in [1.82, 2.24) is 20.1 Å². The van der Waals surface area contributed by atoms with Crippen LogP contribution in [0.5, 0.6) is 0 Å². The van der Waals surface area contributed by atoms with E-state index in [1.54, 1.807) is 0 Å². The molecule has 0 spiro atoms. The quantitative estimate of drug-likeness (QED) is 0.573. The summed E-state index contributed by atoms with van der Waals surface area (Å²) in [7, 11) is 6.04. The second-order valence-electron chi connectivity index (χ2n) is 6.38. The molecular formula is C20H31N5. The molecule has 136 valence electrons. The number of aryl methyl sites for hydroxylation is 1. The Morgan fingerprint density at radius 3 is 2.36 bits per heavy atom. The van der Waals surface area contributed by atoms with Crippen LogP contribution in [-0.2, 0) is 13.0 Å². The fourth-order valence-electron chi connectivity index (χ4n) is 2.81. The molecule has 0 fully saturated rings. The molecule has 0 aliphatic carbocycles. The third-order valence-electron chi connectivity index (χ3n) is 4.41. The normalized spacial score (nSPS) is 13.1. The maximum absolute atomic E-state index is 4.33. The third-order valence-corrected chi connectivity index (χ3v) is 4.41. The molecule has 0 aliphatic heterocycles. The van der Waals surface area contributed by atoms with Gasteiger partial charge in [-0.3, -0.25) is 4.99 Å². The highest BCUT2D eigenvalue weighted by molar-refractivity contribution is 5.79. The van der Waals surface area contributed by atoms with Gasteiger partial charge in [-0.15, -0.1) is 0 Å². The van der Waals surface area contributed by atoms with E-state index in [1.807, 2.05) is 19.2 Å². The van der Waals surface area contributed by atoms with Crippen LogP contribution in [0.3, 0.4) is 0 Å². The summed E-state index contributed by atoms with van der Waals surface area (Å²) in [6.07, 6.45) is 5.21. The Balaban J connectivity index is 1.87. The molecule has 5 heteroatoms. The van der Waals surface area contributed by atoms with Crippen molar-refractivity contribution in [2.24, 2.45) is 4.99 Å². The first kappa shape index (κ1) is 19.1. The van der Waals surface area contributed by atoms with Gasteiger partial charge in [-0.2, -0.15) is 0 Å². The van der Waals surface area contributed by atoms with Gasteiger partial charge < -0.3 is 20.1 Å². The van der Waals surface area contributed by atoms with E-state index in [4.69, 9.17) is 0 Å². The molecule has 1 aromatic heterocycles. The van der Waals surface area contributed by atoms with Crippen molar-refractivity contribution in [3.05, 3.63) is 59.9 Å². The van der Waals surface area contributed by atoms with E-state index >= 15 is 0 Å². The minimum atomic E-state index is 0.300. The molecule has 0 saturated carbocycles. The van der Waals surface area contributed by atoms with Gasteiger partial charge in [0, 0.05) is 39.1 Å². The van der Waals surface area contributed by atoms with Crippen molar-refractivity contribution in [1.29, 1.82) is 0 Å². The lowest BCUT2D eigenvalue weighted by atomic mass is 10.0. The Morgan fingerprint density at radius 2 is 1.80 bits per heavy atom. The van der Waals surface area contributed by atoms with E-state index in [2.05, 4.69) is 82.8 Å². The molecule has 0 saturated heterocycles. The number of hydrogen-bond acceptors (Lipinski definition) is 2. The van der Waals surface area contributed by atoms with Gasteiger partial charge >= 0.3 is 0 Å². The van der Waals surface area contributed by atoms with Crippen molar-refractivity contribution in [3.8, 4) is 0 Å². The average Bonchev–Trinajstić information content (AvgIpc) is 3.14. The van der Waals surface area contributed by atoms with E-state index in [1.165, 1.54) is 11.1 Å². The Bertz CT molecular complexity index is 629. The molecule has 0 bridgehead atoms. The summed E-state index contributed by atoms with van der Waals surface area (Å²) in [5.74, 6) is 0.837. The molecule has 2 aromatic rings. The smallest absolute Gasteiger partial charge is 0.191 e. The maximum Gasteiger partial charge on any atom is 0.191 e. The largest absolute Gasteiger partial charge is 0.355 e. The lowest BCUT2D eigenvalue weighted by Crippen LogP contribution is -2.42. The van der Waals surface area contributed by atoms with Crippen LogP contribution in [-0.4, -0.2) is 49.7 Å². The highest BCUT2D eigenvalue weighted by Crippen LogP contribution is 2.18. The number of likely N-dealkylation sites (N-methyl/N-ethyl adjacent to an activating group) is 1. The van der Waals surface area contributed by atoms with Crippen LogP contribution in [0.2, 0.25) is 0 Å². The summed E-state index contributed by atoms with van der Waals surface area (Å²) in [4.78, 5) is 6.56. The number of aliphatic imine (C=N–C) groups is 1. The fourth-order valence-corrected chi connectivity index (χ4v) is 2.81. The number of aromatic nitrogens is 1. The zero-order valence-electron chi connectivity index (χ0n) is 15.9. The minimum absolute atomic E-state index is 0.300. The van der Waals surface area contributed by atoms with E-state index in [0.29, 0.717) is 6.04 Å². The summed E-state index contributed by atoms with van der Waals surface area (Å²) in [5, 5.41) is 6.82. The van der Waals surface area contributed by atoms with Gasteiger partial charge in [0.05, 0.1) is 6.04 Å². The van der Waals surface area contributed by atoms with Gasteiger partial charge in [-0.1, -0.05) is 31.2 Å². The van der Waals surface area contributed by atoms with E-state index in [0.717, 1.165) is 32.0 Å². The van der Waals surface area contributed by atoms with Gasteiger partial charge in [0.25, 0.3) is 0 Å². The van der Waals surface area contributed by atoms with Gasteiger partial charge in [-0.25, -0.2) is 0 Å². The number of guanidine groups is 1. The van der Waals surface area contributed by atoms with Gasteiger partial charge in [0.15, 0.2) is 5.96 Å². The lowest BCUT2D eigenvalue weighted by molar-refractivity contribution is 0.298. The Kier molecular flexibility index (Phi) is 7.54. The summed E-state index contributed by atoms with van der Waals surface area (Å²) < 4.78 is 2.15. The standard InChI is InChI=1S/C20H31N5/c1-5-17-8-10-18(11-9-17)19(24(3)4)16-23-20(21-2)22-12-15-25-13-6-7-14-25/h6-11,13-14,19H,5,12,15-16H2,1-4H3,(H2,21,22,23). The number of nitrogens with one attached hydrogen (secondary N) is 2. The Labute approximate surface area is 151 Å². The van der Waals surface area contributed by atoms with E-state index < -0.39 is 0 Å². The van der Waals surface area contributed by atoms with Crippen LogP contribution in [0.1, 0.15) is 24.1 Å². The van der Waals surface area contributed by atoms with Crippen LogP contribution in [0.4, 0.5) is 0 Å². The molecule has 1 atom stereocenters. The summed E-state index contributed by atoms with van der Waals surface area (Å²) >= 11 is 0. The van der Waals surface area contributed by atoms with Crippen LogP contribution in [0, 0.1) is 0 Å². The maximum atomic E-state index is 4.33. The van der Waals surface area contributed by atoms with Crippen molar-refractivity contribution in [3.63, 3.8) is 0 Å². The van der Waals surface area contributed by atoms with Crippen LogP contribution in [0.15, 0.2) is 53.8 Å². The first-order valence-corrected chi connectivity index (χ1v) is 8.94. The first-order valence-electron chi connectivity index (χ1n) is 8.94. The zero-order chi connectivity index (χ0) is 18.1. The molecular weight excluding hydrogens is 310 g/mol. The minimum Gasteiger partial charge on any atom is -0.355 e. The second kappa shape index (κ2) is 9.89. The fraction of sp³-hybridized carbons (Fsp3) is 0.450. The monoisotopic (exact) mass is 341 g/mol. The van der Waals surface area contributed by atoms with Gasteiger partial charge in [0.1, 0.15) is 0 Å². The van der Waals surface area contributed by atoms with Crippen LogP contribution in [0.25, 0.3) is 0 Å². The SMILES string of the molecule is CCc1ccc(C(CNC(=NC)NCCn2cccc2)N(C)C)cc1. The van der Waals surface area contributed by atoms with Crippen LogP contribution < -0.4 is 10.6 Å². The summed E-state index contributed by atoms with van der Waals surface area (Å²) in [6.45, 7) is 4.75. The molecule has 1 unspecified atom stereocenters. The van der Waals surface area contributed by atoms with Crippen LogP contribution >= 0.6 is 0 Å². The number of rotatable bonds is 8. The number of benzene rings is 1. The summed E-state index contributed by atoms with van der Waals surface area (Å²) in [5.41, 5.74) is 2.69. The highest BCUT2D eigenvalue weighted by atomic mass is 15.2. The van der Waals surface area contributed by atoms with Crippen molar-refractivity contribution >= 4 is 5.96 Å². The summed E-state index contributed by atoms with van der Waals surface area (Å²) in [6, 6.07) is 13.3. The van der Waals surface area contributed by atoms with Crippen molar-refractivity contribution in [2.45, 2.75) is 25.9 Å². The molecule has 0 amide bonds. The van der Waals surface area contributed by atoms with E-state index in [9.17, 15) is 0 Å². The Morgan fingerprint density at radius 1 is 1.12 bits per heavy atom. The third kappa shape index (κ3) is 5.94. The van der Waals surface area contributed by atoms with Gasteiger partial charge in [-0.05, 0) is 43.8 Å². The average molecular weight is 342 g/mol. The molecule has 0 aliphatic rings. The molecule has 25 heavy (non-hydrogen) atoms. The molecule has 2 rings (SSSR count). The van der Waals surface area contributed by atoms with E-state index in [-0.39, 0.29) is 0 Å². The number of nitrogens with zero attached hydrogens (tertiary/aromatic N) is 3. The van der Waals surface area contributed by atoms with Gasteiger partial charge in [0.2, 0.25) is 0 Å². The topological polar surface area (TPSA) is 44.6 Å². The van der Waals surface area contributed by atoms with Crippen molar-refractivity contribution in [2.75, 3.05) is 34.2 Å². The Hall–Kier alpha value is -2.27. The molecule has 1 aromatic carbocycles. The first-order chi connectivity index (χ1) is 12.1. The molecule has 5 nitrogen and oxygen atoms in total. The predicted molar refractivity (Wildman–Crippen MR) is 106 cm³/mol.